The fraction of sp³-hybridized carbons (Fsp3) is 0.556. The van der Waals surface area contributed by atoms with Crippen molar-refractivity contribution >= 4 is 27.8 Å². The lowest BCUT2D eigenvalue weighted by Crippen LogP contribution is -2.47. The summed E-state index contributed by atoms with van der Waals surface area (Å²) in [5, 5.41) is 3.34. The summed E-state index contributed by atoms with van der Waals surface area (Å²) >= 11 is 3.27. The predicted octanol–water partition coefficient (Wildman–Crippen LogP) is 2.68. The molecule has 0 bridgehead atoms. The van der Waals surface area contributed by atoms with Crippen LogP contribution in [0, 0.1) is 11.7 Å². The highest BCUT2D eigenvalue weighted by Crippen LogP contribution is 2.19. The first kappa shape index (κ1) is 19.7. The Morgan fingerprint density at radius 2 is 2.32 bits per heavy atom. The van der Waals surface area contributed by atoms with E-state index in [0.29, 0.717) is 18.8 Å². The molecule has 1 aliphatic heterocycles. The first-order chi connectivity index (χ1) is 12.0. The predicted molar refractivity (Wildman–Crippen MR) is 102 cm³/mol. The lowest BCUT2D eigenvalue weighted by molar-refractivity contribution is -0.119. The molecule has 1 unspecified atom stereocenters. The monoisotopic (exact) mass is 412 g/mol. The van der Waals surface area contributed by atoms with Gasteiger partial charge in [-0.25, -0.2) is 4.39 Å². The molecule has 1 heterocycles. The second-order valence-electron chi connectivity index (χ2n) is 6.44. The van der Waals surface area contributed by atoms with Crippen LogP contribution in [0.5, 0.6) is 0 Å². The van der Waals surface area contributed by atoms with E-state index < -0.39 is 0 Å². The van der Waals surface area contributed by atoms with Crippen molar-refractivity contribution in [1.82, 2.24) is 10.2 Å². The van der Waals surface area contributed by atoms with Gasteiger partial charge in [-0.05, 0) is 49.3 Å². The summed E-state index contributed by atoms with van der Waals surface area (Å²) in [4.78, 5) is 17.6. The number of nitrogens with one attached hydrogen (secondary N) is 1. The van der Waals surface area contributed by atoms with Crippen molar-refractivity contribution in [2.45, 2.75) is 32.1 Å². The number of hydrogen-bond donors (Lipinski definition) is 2. The highest BCUT2D eigenvalue weighted by Gasteiger charge is 2.23. The summed E-state index contributed by atoms with van der Waals surface area (Å²) in [7, 11) is 1.76. The Kier molecular flexibility index (Phi) is 7.68. The molecule has 1 aromatic rings. The number of likely N-dealkylation sites (tertiary alicyclic amines) is 1. The van der Waals surface area contributed by atoms with E-state index in [4.69, 9.17) is 5.73 Å². The van der Waals surface area contributed by atoms with Gasteiger partial charge in [-0.1, -0.05) is 22.0 Å². The van der Waals surface area contributed by atoms with Gasteiger partial charge in [0.05, 0.1) is 0 Å². The lowest BCUT2D eigenvalue weighted by Gasteiger charge is -2.34. The standard InChI is InChI=1S/C18H26BrFN4O/c1-22-18(24-9-3-4-13(12-24)10-17(21)25)23-8-2-5-14-6-7-15(19)11-16(14)20/h6-7,11,13H,2-5,8-10,12H2,1H3,(H2,21,25)(H,22,23). The molecule has 138 valence electrons. The number of amides is 1. The van der Waals surface area contributed by atoms with Gasteiger partial charge in [0.15, 0.2) is 5.96 Å². The number of piperidine rings is 1. The Morgan fingerprint density at radius 1 is 1.52 bits per heavy atom. The zero-order valence-electron chi connectivity index (χ0n) is 14.6. The van der Waals surface area contributed by atoms with Crippen LogP contribution in [0.25, 0.3) is 0 Å². The summed E-state index contributed by atoms with van der Waals surface area (Å²) < 4.78 is 14.6. The van der Waals surface area contributed by atoms with E-state index in [-0.39, 0.29) is 11.7 Å². The van der Waals surface area contributed by atoms with Crippen molar-refractivity contribution in [2.24, 2.45) is 16.6 Å². The molecule has 7 heteroatoms. The normalized spacial score (nSPS) is 18.3. The van der Waals surface area contributed by atoms with Gasteiger partial charge in [-0.3, -0.25) is 9.79 Å². The molecule has 3 N–H and O–H groups in total. The van der Waals surface area contributed by atoms with Gasteiger partial charge < -0.3 is 16.0 Å². The Hall–Kier alpha value is -1.63. The third kappa shape index (κ3) is 6.30. The summed E-state index contributed by atoms with van der Waals surface area (Å²) in [5.74, 6) is 0.711. The third-order valence-corrected chi connectivity index (χ3v) is 4.93. The first-order valence-electron chi connectivity index (χ1n) is 8.67. The van der Waals surface area contributed by atoms with E-state index in [0.717, 1.165) is 54.9 Å². The van der Waals surface area contributed by atoms with E-state index >= 15 is 0 Å². The number of guanidine groups is 1. The Bertz CT molecular complexity index is 623. The van der Waals surface area contributed by atoms with E-state index in [2.05, 4.69) is 31.1 Å². The Labute approximate surface area is 157 Å². The zero-order chi connectivity index (χ0) is 18.2. The van der Waals surface area contributed by atoms with Crippen molar-refractivity contribution in [3.8, 4) is 0 Å². The number of rotatable bonds is 6. The number of aliphatic imine (C=N–C) groups is 1. The van der Waals surface area contributed by atoms with Gasteiger partial charge in [0.25, 0.3) is 0 Å². The lowest BCUT2D eigenvalue weighted by atomic mass is 9.95. The smallest absolute Gasteiger partial charge is 0.217 e. The van der Waals surface area contributed by atoms with Crippen LogP contribution in [0.3, 0.4) is 0 Å². The van der Waals surface area contributed by atoms with Gasteiger partial charge in [0, 0.05) is 37.6 Å². The van der Waals surface area contributed by atoms with Crippen LogP contribution in [0.2, 0.25) is 0 Å². The third-order valence-electron chi connectivity index (χ3n) is 4.44. The molecule has 5 nitrogen and oxygen atoms in total. The summed E-state index contributed by atoms with van der Waals surface area (Å²) in [6.07, 6.45) is 3.97. The Morgan fingerprint density at radius 3 is 3.00 bits per heavy atom. The van der Waals surface area contributed by atoms with E-state index in [1.54, 1.807) is 7.05 Å². The molecule has 2 rings (SSSR count). The highest BCUT2D eigenvalue weighted by molar-refractivity contribution is 9.10. The molecular formula is C18H26BrFN4O. The van der Waals surface area contributed by atoms with E-state index in [1.807, 2.05) is 12.1 Å². The van der Waals surface area contributed by atoms with Crippen molar-refractivity contribution < 1.29 is 9.18 Å². The van der Waals surface area contributed by atoms with Gasteiger partial charge >= 0.3 is 0 Å². The largest absolute Gasteiger partial charge is 0.370 e. The number of nitrogens with zero attached hydrogens (tertiary/aromatic N) is 2. The van der Waals surface area contributed by atoms with Crippen LogP contribution in [0.1, 0.15) is 31.2 Å². The zero-order valence-corrected chi connectivity index (χ0v) is 16.2. The molecule has 1 fully saturated rings. The second kappa shape index (κ2) is 9.75. The number of carbonyl (C=O) groups is 1. The molecule has 1 aromatic carbocycles. The summed E-state index contributed by atoms with van der Waals surface area (Å²) in [6.45, 7) is 2.44. The van der Waals surface area contributed by atoms with Crippen LogP contribution >= 0.6 is 15.9 Å². The molecule has 0 saturated carbocycles. The second-order valence-corrected chi connectivity index (χ2v) is 7.35. The maximum absolute atomic E-state index is 13.8. The highest BCUT2D eigenvalue weighted by atomic mass is 79.9. The molecule has 25 heavy (non-hydrogen) atoms. The SMILES string of the molecule is CN=C(NCCCc1ccc(Br)cc1F)N1CCCC(CC(N)=O)C1. The van der Waals surface area contributed by atoms with Crippen molar-refractivity contribution in [2.75, 3.05) is 26.7 Å². The van der Waals surface area contributed by atoms with Gasteiger partial charge in [0.2, 0.25) is 5.91 Å². The summed E-state index contributed by atoms with van der Waals surface area (Å²) in [5.41, 5.74) is 6.04. The topological polar surface area (TPSA) is 70.7 Å². The van der Waals surface area contributed by atoms with Crippen molar-refractivity contribution in [1.29, 1.82) is 0 Å². The number of primary amides is 1. The number of benzene rings is 1. The van der Waals surface area contributed by atoms with E-state index in [9.17, 15) is 9.18 Å². The summed E-state index contributed by atoms with van der Waals surface area (Å²) in [6, 6.07) is 5.17. The number of halogens is 2. The van der Waals surface area contributed by atoms with Crippen LogP contribution in [-0.2, 0) is 11.2 Å². The fourth-order valence-corrected chi connectivity index (χ4v) is 3.58. The molecule has 0 radical (unpaired) electrons. The van der Waals surface area contributed by atoms with Gasteiger partial charge in [0.1, 0.15) is 5.82 Å². The first-order valence-corrected chi connectivity index (χ1v) is 9.46. The number of carbonyl (C=O) groups excluding carboxylic acids is 1. The van der Waals surface area contributed by atoms with Gasteiger partial charge in [-0.2, -0.15) is 0 Å². The Balaban J connectivity index is 1.79. The fourth-order valence-electron chi connectivity index (χ4n) is 3.24. The molecule has 0 aliphatic carbocycles. The number of aryl methyl sites for hydroxylation is 1. The molecule has 0 aromatic heterocycles. The van der Waals surface area contributed by atoms with Crippen molar-refractivity contribution in [3.05, 3.63) is 34.1 Å². The minimum Gasteiger partial charge on any atom is -0.370 e. The van der Waals surface area contributed by atoms with Crippen LogP contribution in [0.15, 0.2) is 27.7 Å². The molecule has 1 aliphatic rings. The van der Waals surface area contributed by atoms with Crippen LogP contribution in [0.4, 0.5) is 4.39 Å². The molecular weight excluding hydrogens is 387 g/mol. The average Bonchev–Trinajstić information content (AvgIpc) is 2.56. The molecule has 1 atom stereocenters. The minimum absolute atomic E-state index is 0.177. The quantitative estimate of drug-likeness (QED) is 0.428. The minimum atomic E-state index is -0.244. The van der Waals surface area contributed by atoms with Gasteiger partial charge in [-0.15, -0.1) is 0 Å². The van der Waals surface area contributed by atoms with Crippen LogP contribution in [-0.4, -0.2) is 43.4 Å². The number of hydrogen-bond acceptors (Lipinski definition) is 2. The average molecular weight is 413 g/mol. The molecule has 1 saturated heterocycles. The maximum Gasteiger partial charge on any atom is 0.217 e. The molecule has 1 amide bonds. The maximum atomic E-state index is 13.8. The van der Waals surface area contributed by atoms with Crippen LogP contribution < -0.4 is 11.1 Å². The molecule has 0 spiro atoms. The number of nitrogens with two attached hydrogens (primary N) is 1. The van der Waals surface area contributed by atoms with E-state index in [1.165, 1.54) is 6.07 Å². The van der Waals surface area contributed by atoms with Crippen molar-refractivity contribution in [3.63, 3.8) is 0 Å².